The van der Waals surface area contributed by atoms with E-state index in [0.29, 0.717) is 11.8 Å². The number of anilines is 1. The van der Waals surface area contributed by atoms with Crippen LogP contribution in [0.2, 0.25) is 0 Å². The van der Waals surface area contributed by atoms with E-state index >= 15 is 0 Å². The number of aromatic nitrogens is 2. The van der Waals surface area contributed by atoms with E-state index in [9.17, 15) is 4.79 Å². The van der Waals surface area contributed by atoms with Crippen LogP contribution < -0.4 is 10.9 Å². The normalized spacial score (nSPS) is 21.1. The van der Waals surface area contributed by atoms with E-state index in [1.807, 2.05) is 0 Å². The van der Waals surface area contributed by atoms with Crippen LogP contribution in [0.3, 0.4) is 0 Å². The minimum atomic E-state index is -0.0368. The quantitative estimate of drug-likeness (QED) is 0.861. The Balaban J connectivity index is 1.54. The Bertz CT molecular complexity index is 501. The third-order valence-electron chi connectivity index (χ3n) is 4.45. The molecule has 2 heterocycles. The van der Waals surface area contributed by atoms with Crippen LogP contribution in [0.4, 0.5) is 5.82 Å². The molecule has 110 valence electrons. The first kappa shape index (κ1) is 13.6. The Morgan fingerprint density at radius 2 is 2.10 bits per heavy atom. The highest BCUT2D eigenvalue weighted by molar-refractivity contribution is 5.34. The van der Waals surface area contributed by atoms with Crippen LogP contribution in [0.1, 0.15) is 44.3 Å². The summed E-state index contributed by atoms with van der Waals surface area (Å²) >= 11 is 0. The molecule has 0 aromatic carbocycles. The fraction of sp³-hybridized carbons (Fsp3) is 0.733. The maximum Gasteiger partial charge on any atom is 0.252 e. The zero-order valence-corrected chi connectivity index (χ0v) is 12.2. The first-order chi connectivity index (χ1) is 9.74. The number of hydrogen-bond acceptors (Lipinski definition) is 4. The van der Waals surface area contributed by atoms with Crippen molar-refractivity contribution in [3.8, 4) is 0 Å². The number of nitrogens with zero attached hydrogens (tertiary/aromatic N) is 2. The Kier molecular flexibility index (Phi) is 4.05. The summed E-state index contributed by atoms with van der Waals surface area (Å²) in [7, 11) is 0. The van der Waals surface area contributed by atoms with E-state index < -0.39 is 0 Å². The molecule has 2 fully saturated rings. The molecule has 2 aliphatic rings. The topological polar surface area (TPSA) is 61.0 Å². The van der Waals surface area contributed by atoms with Gasteiger partial charge in [0.05, 0.1) is 0 Å². The number of rotatable bonds is 5. The van der Waals surface area contributed by atoms with E-state index in [4.69, 9.17) is 0 Å². The van der Waals surface area contributed by atoms with Crippen LogP contribution in [-0.4, -0.2) is 41.0 Å². The van der Waals surface area contributed by atoms with E-state index in [1.54, 1.807) is 6.07 Å². The molecule has 1 aromatic rings. The molecule has 0 unspecified atom stereocenters. The zero-order valence-electron chi connectivity index (χ0n) is 12.2. The summed E-state index contributed by atoms with van der Waals surface area (Å²) in [5, 5.41) is 3.36. The number of aromatic amines is 1. The van der Waals surface area contributed by atoms with Gasteiger partial charge in [-0.1, -0.05) is 6.92 Å². The van der Waals surface area contributed by atoms with Crippen LogP contribution in [0.15, 0.2) is 10.9 Å². The fourth-order valence-electron chi connectivity index (χ4n) is 2.87. The third-order valence-corrected chi connectivity index (χ3v) is 4.45. The second-order valence-corrected chi connectivity index (χ2v) is 6.05. The molecule has 5 heteroatoms. The highest BCUT2D eigenvalue weighted by atomic mass is 16.1. The van der Waals surface area contributed by atoms with Crippen molar-refractivity contribution in [2.45, 2.75) is 38.5 Å². The summed E-state index contributed by atoms with van der Waals surface area (Å²) < 4.78 is 0. The van der Waals surface area contributed by atoms with Crippen LogP contribution in [-0.2, 0) is 0 Å². The van der Waals surface area contributed by atoms with E-state index in [0.717, 1.165) is 37.6 Å². The molecule has 0 amide bonds. The average molecular weight is 276 g/mol. The molecule has 0 spiro atoms. The van der Waals surface area contributed by atoms with Crippen molar-refractivity contribution in [1.29, 1.82) is 0 Å². The number of hydrogen-bond donors (Lipinski definition) is 2. The molecule has 1 aliphatic heterocycles. The molecule has 1 saturated carbocycles. The molecule has 5 nitrogen and oxygen atoms in total. The first-order valence-corrected chi connectivity index (χ1v) is 7.82. The summed E-state index contributed by atoms with van der Waals surface area (Å²) in [5.41, 5.74) is -0.0368. The predicted octanol–water partition coefficient (Wildman–Crippen LogP) is 1.79. The first-order valence-electron chi connectivity index (χ1n) is 7.82. The van der Waals surface area contributed by atoms with Crippen molar-refractivity contribution < 1.29 is 0 Å². The molecule has 0 bridgehead atoms. The molecule has 0 atom stereocenters. The van der Waals surface area contributed by atoms with Crippen LogP contribution >= 0.6 is 0 Å². The molecule has 1 aromatic heterocycles. The van der Waals surface area contributed by atoms with Crippen molar-refractivity contribution in [3.63, 3.8) is 0 Å². The van der Waals surface area contributed by atoms with Gasteiger partial charge in [-0.15, -0.1) is 0 Å². The smallest absolute Gasteiger partial charge is 0.252 e. The Hall–Kier alpha value is -1.36. The molecular weight excluding hydrogens is 252 g/mol. The summed E-state index contributed by atoms with van der Waals surface area (Å²) in [6.45, 7) is 6.69. The van der Waals surface area contributed by atoms with Gasteiger partial charge in [0.25, 0.3) is 5.56 Å². The maximum atomic E-state index is 11.6. The zero-order chi connectivity index (χ0) is 13.9. The summed E-state index contributed by atoms with van der Waals surface area (Å²) in [4.78, 5) is 21.5. The fourth-order valence-corrected chi connectivity index (χ4v) is 2.87. The van der Waals surface area contributed by atoms with Gasteiger partial charge in [0.1, 0.15) is 11.6 Å². The Labute approximate surface area is 119 Å². The van der Waals surface area contributed by atoms with Gasteiger partial charge in [0.2, 0.25) is 0 Å². The van der Waals surface area contributed by atoms with Crippen molar-refractivity contribution in [2.24, 2.45) is 5.92 Å². The van der Waals surface area contributed by atoms with Gasteiger partial charge in [0, 0.05) is 18.5 Å². The monoisotopic (exact) mass is 276 g/mol. The molecule has 1 saturated heterocycles. The molecule has 0 radical (unpaired) electrons. The van der Waals surface area contributed by atoms with Gasteiger partial charge < -0.3 is 15.2 Å². The van der Waals surface area contributed by atoms with Gasteiger partial charge in [0.15, 0.2) is 0 Å². The summed E-state index contributed by atoms with van der Waals surface area (Å²) in [6.07, 6.45) is 4.78. The highest BCUT2D eigenvalue weighted by Gasteiger charge is 2.26. The van der Waals surface area contributed by atoms with E-state index in [2.05, 4.69) is 27.1 Å². The molecular formula is C15H24N4O. The van der Waals surface area contributed by atoms with E-state index in [-0.39, 0.29) is 5.56 Å². The number of likely N-dealkylation sites (tertiary alicyclic amines) is 1. The van der Waals surface area contributed by atoms with E-state index in [1.165, 1.54) is 25.9 Å². The molecule has 1 aliphatic carbocycles. The lowest BCUT2D eigenvalue weighted by molar-refractivity contribution is 0.198. The highest BCUT2D eigenvalue weighted by Crippen LogP contribution is 2.37. The van der Waals surface area contributed by atoms with Crippen LogP contribution in [0.25, 0.3) is 0 Å². The lowest BCUT2D eigenvalue weighted by Crippen LogP contribution is -2.35. The summed E-state index contributed by atoms with van der Waals surface area (Å²) in [5.74, 6) is 2.79. The second kappa shape index (κ2) is 5.95. The lowest BCUT2D eigenvalue weighted by Gasteiger charge is -2.31. The van der Waals surface area contributed by atoms with Gasteiger partial charge in [-0.3, -0.25) is 4.79 Å². The minimum Gasteiger partial charge on any atom is -0.370 e. The Morgan fingerprint density at radius 1 is 1.35 bits per heavy atom. The van der Waals surface area contributed by atoms with Crippen molar-refractivity contribution >= 4 is 5.82 Å². The van der Waals surface area contributed by atoms with Crippen LogP contribution in [0.5, 0.6) is 0 Å². The molecule has 3 rings (SSSR count). The minimum absolute atomic E-state index is 0.0368. The SMILES string of the molecule is CCN1CCC(CNc2cc(=O)[nH]c(C3CC3)n2)CC1. The average Bonchev–Trinajstić information content (AvgIpc) is 3.30. The third kappa shape index (κ3) is 3.39. The van der Waals surface area contributed by atoms with Gasteiger partial charge >= 0.3 is 0 Å². The summed E-state index contributed by atoms with van der Waals surface area (Å²) in [6, 6.07) is 1.58. The number of H-pyrrole nitrogens is 1. The van der Waals surface area contributed by atoms with Crippen molar-refractivity contribution in [3.05, 3.63) is 22.2 Å². The number of nitrogens with one attached hydrogen (secondary N) is 2. The van der Waals surface area contributed by atoms with Crippen LogP contribution in [0, 0.1) is 5.92 Å². The standard InChI is InChI=1S/C15H24N4O/c1-2-19-7-5-11(6-8-19)10-16-13-9-14(20)18-15(17-13)12-3-4-12/h9,11-12H,2-8,10H2,1H3,(H2,16,17,18,20). The largest absolute Gasteiger partial charge is 0.370 e. The molecule has 20 heavy (non-hydrogen) atoms. The Morgan fingerprint density at radius 3 is 2.75 bits per heavy atom. The predicted molar refractivity (Wildman–Crippen MR) is 80.2 cm³/mol. The lowest BCUT2D eigenvalue weighted by atomic mass is 9.97. The number of piperidine rings is 1. The second-order valence-electron chi connectivity index (χ2n) is 6.05. The molecule has 2 N–H and O–H groups in total. The van der Waals surface area contributed by atoms with Gasteiger partial charge in [-0.05, 0) is 51.2 Å². The maximum absolute atomic E-state index is 11.6. The van der Waals surface area contributed by atoms with Crippen molar-refractivity contribution in [2.75, 3.05) is 31.5 Å². The van der Waals surface area contributed by atoms with Gasteiger partial charge in [-0.2, -0.15) is 0 Å². The van der Waals surface area contributed by atoms with Gasteiger partial charge in [-0.25, -0.2) is 4.98 Å². The van der Waals surface area contributed by atoms with Crippen molar-refractivity contribution in [1.82, 2.24) is 14.9 Å².